The van der Waals surface area contributed by atoms with Gasteiger partial charge in [-0.05, 0) is 18.2 Å². The number of halogens is 2. The van der Waals surface area contributed by atoms with Gasteiger partial charge in [-0.3, -0.25) is 0 Å². The molecule has 0 aromatic heterocycles. The van der Waals surface area contributed by atoms with Gasteiger partial charge in [-0.1, -0.05) is 5.92 Å². The highest BCUT2D eigenvalue weighted by atomic mass is 35.5. The van der Waals surface area contributed by atoms with Crippen molar-refractivity contribution in [1.29, 1.82) is 0 Å². The SMILES string of the molecule is C#Cc1ccc(N)c(N)c1.Cl.Cl. The van der Waals surface area contributed by atoms with Gasteiger partial charge in [-0.25, -0.2) is 0 Å². The van der Waals surface area contributed by atoms with E-state index in [1.54, 1.807) is 18.2 Å². The second kappa shape index (κ2) is 5.59. The maximum absolute atomic E-state index is 5.48. The molecular weight excluding hydrogens is 195 g/mol. The fourth-order valence-corrected chi connectivity index (χ4v) is 0.665. The lowest BCUT2D eigenvalue weighted by Crippen LogP contribution is -1.93. The minimum atomic E-state index is 0. The lowest BCUT2D eigenvalue weighted by Gasteiger charge is -1.98. The predicted octanol–water partition coefficient (Wildman–Crippen LogP) is 1.68. The Labute approximate surface area is 84.1 Å². The number of hydrogen-bond acceptors (Lipinski definition) is 2. The van der Waals surface area contributed by atoms with Gasteiger partial charge in [0.2, 0.25) is 0 Å². The Kier molecular flexibility index (Phi) is 6.31. The molecule has 1 rings (SSSR count). The molecule has 0 heterocycles. The van der Waals surface area contributed by atoms with Crippen LogP contribution in [0.1, 0.15) is 5.56 Å². The van der Waals surface area contributed by atoms with E-state index in [9.17, 15) is 0 Å². The third kappa shape index (κ3) is 2.91. The van der Waals surface area contributed by atoms with Crippen LogP contribution >= 0.6 is 24.8 Å². The van der Waals surface area contributed by atoms with Crippen molar-refractivity contribution in [3.8, 4) is 12.3 Å². The van der Waals surface area contributed by atoms with E-state index < -0.39 is 0 Å². The van der Waals surface area contributed by atoms with E-state index in [0.717, 1.165) is 5.56 Å². The number of anilines is 2. The highest BCUT2D eigenvalue weighted by Crippen LogP contribution is 2.14. The summed E-state index contributed by atoms with van der Waals surface area (Å²) in [6, 6.07) is 5.13. The van der Waals surface area contributed by atoms with Gasteiger partial charge in [0.1, 0.15) is 0 Å². The minimum Gasteiger partial charge on any atom is -0.397 e. The number of hydrogen-bond donors (Lipinski definition) is 2. The summed E-state index contributed by atoms with van der Waals surface area (Å²) in [4.78, 5) is 0. The first-order valence-electron chi connectivity index (χ1n) is 2.85. The Morgan fingerprint density at radius 3 is 2.08 bits per heavy atom. The van der Waals surface area contributed by atoms with Crippen molar-refractivity contribution < 1.29 is 0 Å². The van der Waals surface area contributed by atoms with Gasteiger partial charge in [0, 0.05) is 5.56 Å². The van der Waals surface area contributed by atoms with Crippen LogP contribution in [-0.4, -0.2) is 0 Å². The van der Waals surface area contributed by atoms with Crippen LogP contribution < -0.4 is 11.5 Å². The molecule has 0 radical (unpaired) electrons. The molecule has 0 bridgehead atoms. The van der Waals surface area contributed by atoms with Gasteiger partial charge in [0.25, 0.3) is 0 Å². The molecule has 0 aliphatic rings. The van der Waals surface area contributed by atoms with Crippen molar-refractivity contribution in [3.63, 3.8) is 0 Å². The van der Waals surface area contributed by atoms with Crippen LogP contribution in [0.2, 0.25) is 0 Å². The standard InChI is InChI=1S/C8H8N2.2ClH/c1-2-6-3-4-7(9)8(10)5-6;;/h1,3-5H,9-10H2;2*1H. The summed E-state index contributed by atoms with van der Waals surface area (Å²) in [5.74, 6) is 2.46. The number of nitrogen functional groups attached to an aromatic ring is 2. The van der Waals surface area contributed by atoms with Gasteiger partial charge in [0.15, 0.2) is 0 Å². The largest absolute Gasteiger partial charge is 0.397 e. The first-order valence-corrected chi connectivity index (χ1v) is 2.85. The second-order valence-electron chi connectivity index (χ2n) is 1.99. The van der Waals surface area contributed by atoms with Gasteiger partial charge in [-0.2, -0.15) is 0 Å². The van der Waals surface area contributed by atoms with Crippen LogP contribution in [0.25, 0.3) is 0 Å². The van der Waals surface area contributed by atoms with Crippen molar-refractivity contribution in [1.82, 2.24) is 0 Å². The first-order chi connectivity index (χ1) is 4.74. The summed E-state index contributed by atoms with van der Waals surface area (Å²) in [5, 5.41) is 0. The third-order valence-electron chi connectivity index (χ3n) is 1.25. The highest BCUT2D eigenvalue weighted by Gasteiger charge is 1.92. The molecule has 12 heavy (non-hydrogen) atoms. The molecular formula is C8H10Cl2N2. The van der Waals surface area contributed by atoms with E-state index in [-0.39, 0.29) is 24.8 Å². The molecule has 66 valence electrons. The Hall–Kier alpha value is -1.04. The smallest absolute Gasteiger partial charge is 0.0560 e. The molecule has 0 saturated heterocycles. The summed E-state index contributed by atoms with van der Waals surface area (Å²) in [7, 11) is 0. The monoisotopic (exact) mass is 204 g/mol. The first kappa shape index (κ1) is 13.5. The molecule has 0 aliphatic heterocycles. The predicted molar refractivity (Wildman–Crippen MR) is 57.7 cm³/mol. The summed E-state index contributed by atoms with van der Waals surface area (Å²) in [6.07, 6.45) is 5.12. The summed E-state index contributed by atoms with van der Waals surface area (Å²) < 4.78 is 0. The molecule has 4 heteroatoms. The Morgan fingerprint density at radius 2 is 1.67 bits per heavy atom. The Balaban J connectivity index is 0. The molecule has 1 aromatic carbocycles. The minimum absolute atomic E-state index is 0. The average Bonchev–Trinajstić information content (AvgIpc) is 1.95. The van der Waals surface area contributed by atoms with Crippen molar-refractivity contribution >= 4 is 36.2 Å². The zero-order chi connectivity index (χ0) is 7.56. The van der Waals surface area contributed by atoms with E-state index in [1.807, 2.05) is 0 Å². The van der Waals surface area contributed by atoms with Crippen molar-refractivity contribution in [2.75, 3.05) is 11.5 Å². The van der Waals surface area contributed by atoms with Crippen molar-refractivity contribution in [2.45, 2.75) is 0 Å². The Morgan fingerprint density at radius 1 is 1.08 bits per heavy atom. The van der Waals surface area contributed by atoms with Crippen molar-refractivity contribution in [2.24, 2.45) is 0 Å². The fourth-order valence-electron chi connectivity index (χ4n) is 0.665. The molecule has 4 N–H and O–H groups in total. The lowest BCUT2D eigenvalue weighted by atomic mass is 10.2. The zero-order valence-corrected chi connectivity index (χ0v) is 7.91. The summed E-state index contributed by atoms with van der Waals surface area (Å²) in [6.45, 7) is 0. The number of benzene rings is 1. The third-order valence-corrected chi connectivity index (χ3v) is 1.25. The lowest BCUT2D eigenvalue weighted by molar-refractivity contribution is 1.62. The zero-order valence-electron chi connectivity index (χ0n) is 6.28. The van der Waals surface area contributed by atoms with Gasteiger partial charge >= 0.3 is 0 Å². The topological polar surface area (TPSA) is 52.0 Å². The van der Waals surface area contributed by atoms with Crippen LogP contribution in [-0.2, 0) is 0 Å². The summed E-state index contributed by atoms with van der Waals surface area (Å²) in [5.41, 5.74) is 12.8. The van der Waals surface area contributed by atoms with Crippen LogP contribution in [0.4, 0.5) is 11.4 Å². The van der Waals surface area contributed by atoms with Gasteiger partial charge < -0.3 is 11.5 Å². The van der Waals surface area contributed by atoms with Gasteiger partial charge in [0.05, 0.1) is 11.4 Å². The molecule has 0 aliphatic carbocycles. The van der Waals surface area contributed by atoms with E-state index in [1.165, 1.54) is 0 Å². The van der Waals surface area contributed by atoms with E-state index in [2.05, 4.69) is 5.92 Å². The van der Waals surface area contributed by atoms with E-state index in [4.69, 9.17) is 17.9 Å². The average molecular weight is 205 g/mol. The van der Waals surface area contributed by atoms with Crippen LogP contribution in [0.3, 0.4) is 0 Å². The van der Waals surface area contributed by atoms with Crippen LogP contribution in [0.5, 0.6) is 0 Å². The fraction of sp³-hybridized carbons (Fsp3) is 0. The molecule has 0 spiro atoms. The molecule has 0 atom stereocenters. The molecule has 0 fully saturated rings. The van der Waals surface area contributed by atoms with E-state index >= 15 is 0 Å². The van der Waals surface area contributed by atoms with Crippen LogP contribution in [0.15, 0.2) is 18.2 Å². The highest BCUT2D eigenvalue weighted by molar-refractivity contribution is 5.85. The van der Waals surface area contributed by atoms with Gasteiger partial charge in [-0.15, -0.1) is 31.2 Å². The van der Waals surface area contributed by atoms with E-state index in [0.29, 0.717) is 11.4 Å². The maximum atomic E-state index is 5.48. The number of terminal acetylenes is 1. The van der Waals surface area contributed by atoms with Crippen LogP contribution in [0, 0.1) is 12.3 Å². The molecule has 1 aromatic rings. The maximum Gasteiger partial charge on any atom is 0.0560 e. The molecule has 0 saturated carbocycles. The summed E-state index contributed by atoms with van der Waals surface area (Å²) >= 11 is 0. The number of rotatable bonds is 0. The van der Waals surface area contributed by atoms with Crippen molar-refractivity contribution in [3.05, 3.63) is 23.8 Å². The Bertz CT molecular complexity index is 292. The molecule has 0 amide bonds. The second-order valence-corrected chi connectivity index (χ2v) is 1.99. The molecule has 2 nitrogen and oxygen atoms in total. The molecule has 0 unspecified atom stereocenters. The number of nitrogens with two attached hydrogens (primary N) is 2. The quantitative estimate of drug-likeness (QED) is 0.500. The normalized spacial score (nSPS) is 7.25.